The van der Waals surface area contributed by atoms with E-state index in [-0.39, 0.29) is 5.56 Å². The average Bonchev–Trinajstić information content (AvgIpc) is 2.65. The first-order chi connectivity index (χ1) is 12.9. The molecule has 0 saturated carbocycles. The van der Waals surface area contributed by atoms with Crippen LogP contribution in [0, 0.1) is 0 Å². The molecule has 0 aliphatic rings. The van der Waals surface area contributed by atoms with Gasteiger partial charge in [0.1, 0.15) is 4.90 Å². The van der Waals surface area contributed by atoms with E-state index in [4.69, 9.17) is 0 Å². The Bertz CT molecular complexity index is 1280. The Morgan fingerprint density at radius 1 is 0.778 bits per heavy atom. The maximum Gasteiger partial charge on any atom is 0.295 e. The predicted molar refractivity (Wildman–Crippen MR) is 106 cm³/mol. The standard InChI is InChI=1S/C21H15NO4S/c23-21(22-17-8-2-1-3-9-17)20-18-13-15-7-5-4-6-14(15)12-16(18)10-11-19(20)27(24,25)26/h1-13H,(H,22,23)(H,24,25,26). The summed E-state index contributed by atoms with van der Waals surface area (Å²) in [4.78, 5) is 12.5. The Balaban J connectivity index is 1.99. The van der Waals surface area contributed by atoms with Crippen molar-refractivity contribution in [1.82, 2.24) is 0 Å². The van der Waals surface area contributed by atoms with Gasteiger partial charge in [-0.3, -0.25) is 9.35 Å². The van der Waals surface area contributed by atoms with Crippen molar-refractivity contribution >= 4 is 43.3 Å². The molecule has 27 heavy (non-hydrogen) atoms. The fourth-order valence-electron chi connectivity index (χ4n) is 3.16. The Kier molecular flexibility index (Phi) is 4.14. The molecule has 0 fully saturated rings. The number of hydrogen-bond acceptors (Lipinski definition) is 3. The van der Waals surface area contributed by atoms with Gasteiger partial charge in [0, 0.05) is 5.69 Å². The van der Waals surface area contributed by atoms with E-state index in [0.29, 0.717) is 16.5 Å². The van der Waals surface area contributed by atoms with Gasteiger partial charge in [-0.1, -0.05) is 48.5 Å². The van der Waals surface area contributed by atoms with Crippen LogP contribution in [0.15, 0.2) is 83.8 Å². The van der Waals surface area contributed by atoms with Crippen LogP contribution in [0.25, 0.3) is 21.5 Å². The molecule has 2 N–H and O–H groups in total. The van der Waals surface area contributed by atoms with Gasteiger partial charge in [-0.15, -0.1) is 0 Å². The number of carbonyl (C=O) groups is 1. The number of rotatable bonds is 3. The van der Waals surface area contributed by atoms with Gasteiger partial charge < -0.3 is 5.32 Å². The molecular weight excluding hydrogens is 362 g/mol. The maximum absolute atomic E-state index is 12.9. The minimum atomic E-state index is -4.58. The highest BCUT2D eigenvalue weighted by atomic mass is 32.2. The molecule has 0 unspecified atom stereocenters. The van der Waals surface area contributed by atoms with Crippen LogP contribution in [0.3, 0.4) is 0 Å². The van der Waals surface area contributed by atoms with E-state index >= 15 is 0 Å². The highest BCUT2D eigenvalue weighted by Crippen LogP contribution is 2.30. The van der Waals surface area contributed by atoms with Crippen LogP contribution in [0.1, 0.15) is 10.4 Å². The molecule has 0 aliphatic heterocycles. The second-order valence-electron chi connectivity index (χ2n) is 6.15. The number of benzene rings is 4. The lowest BCUT2D eigenvalue weighted by Gasteiger charge is -2.13. The number of nitrogens with one attached hydrogen (secondary N) is 1. The lowest BCUT2D eigenvalue weighted by atomic mass is 9.99. The van der Waals surface area contributed by atoms with E-state index in [0.717, 1.165) is 10.8 Å². The fourth-order valence-corrected chi connectivity index (χ4v) is 3.86. The normalized spacial score (nSPS) is 11.6. The molecule has 0 heterocycles. The number of carbonyl (C=O) groups excluding carboxylic acids is 1. The van der Waals surface area contributed by atoms with Gasteiger partial charge in [0.15, 0.2) is 0 Å². The van der Waals surface area contributed by atoms with Gasteiger partial charge >= 0.3 is 0 Å². The number of fused-ring (bicyclic) bond motifs is 2. The van der Waals surface area contributed by atoms with Crippen molar-refractivity contribution in [3.8, 4) is 0 Å². The molecule has 0 bridgehead atoms. The zero-order valence-electron chi connectivity index (χ0n) is 14.1. The van der Waals surface area contributed by atoms with Crippen molar-refractivity contribution in [2.24, 2.45) is 0 Å². The summed E-state index contributed by atoms with van der Waals surface area (Å²) in [6.45, 7) is 0. The number of anilines is 1. The minimum absolute atomic E-state index is 0.0791. The molecule has 0 aliphatic carbocycles. The first kappa shape index (κ1) is 17.2. The van der Waals surface area contributed by atoms with E-state index in [1.165, 1.54) is 6.07 Å². The molecule has 4 aromatic carbocycles. The van der Waals surface area contributed by atoms with Crippen LogP contribution in [0.4, 0.5) is 5.69 Å². The predicted octanol–water partition coefficient (Wildman–Crippen LogP) is 4.49. The lowest BCUT2D eigenvalue weighted by molar-refractivity contribution is 0.102. The molecular formula is C21H15NO4S. The highest BCUT2D eigenvalue weighted by molar-refractivity contribution is 7.86. The lowest BCUT2D eigenvalue weighted by Crippen LogP contribution is -2.17. The third-order valence-electron chi connectivity index (χ3n) is 4.38. The van der Waals surface area contributed by atoms with Crippen molar-refractivity contribution in [2.75, 3.05) is 5.32 Å². The quantitative estimate of drug-likeness (QED) is 0.407. The SMILES string of the molecule is O=C(Nc1ccccc1)c1c(S(=O)(=O)O)ccc2cc3ccccc3cc12. The van der Waals surface area contributed by atoms with Crippen LogP contribution in [0.2, 0.25) is 0 Å². The summed E-state index contributed by atoms with van der Waals surface area (Å²) in [5.74, 6) is -0.602. The van der Waals surface area contributed by atoms with Crippen LogP contribution in [0.5, 0.6) is 0 Å². The second kappa shape index (κ2) is 6.50. The molecule has 1 amide bonds. The van der Waals surface area contributed by atoms with E-state index in [1.807, 2.05) is 36.4 Å². The molecule has 0 atom stereocenters. The molecule has 4 rings (SSSR count). The summed E-state index contributed by atoms with van der Waals surface area (Å²) in [6.07, 6.45) is 0. The Hall–Kier alpha value is -3.22. The van der Waals surface area contributed by atoms with Crippen molar-refractivity contribution in [3.05, 3.63) is 84.4 Å². The summed E-state index contributed by atoms with van der Waals surface area (Å²) in [7, 11) is -4.58. The molecule has 134 valence electrons. The van der Waals surface area contributed by atoms with Gasteiger partial charge in [-0.05, 0) is 51.9 Å². The third kappa shape index (κ3) is 3.28. The van der Waals surface area contributed by atoms with Gasteiger partial charge in [0.05, 0.1) is 5.56 Å². The van der Waals surface area contributed by atoms with Gasteiger partial charge in [-0.25, -0.2) is 0 Å². The number of amides is 1. The van der Waals surface area contributed by atoms with Gasteiger partial charge in [0.25, 0.3) is 16.0 Å². The van der Waals surface area contributed by atoms with Crippen molar-refractivity contribution in [1.29, 1.82) is 0 Å². The summed E-state index contributed by atoms with van der Waals surface area (Å²) < 4.78 is 33.4. The van der Waals surface area contributed by atoms with Crippen LogP contribution in [-0.2, 0) is 10.1 Å². The largest absolute Gasteiger partial charge is 0.322 e. The monoisotopic (exact) mass is 377 g/mol. The fraction of sp³-hybridized carbons (Fsp3) is 0. The van der Waals surface area contributed by atoms with E-state index < -0.39 is 20.9 Å². The van der Waals surface area contributed by atoms with E-state index in [2.05, 4.69) is 5.32 Å². The van der Waals surface area contributed by atoms with Crippen LogP contribution in [-0.4, -0.2) is 18.9 Å². The topological polar surface area (TPSA) is 83.5 Å². The molecule has 0 radical (unpaired) electrons. The Morgan fingerprint density at radius 2 is 1.41 bits per heavy atom. The van der Waals surface area contributed by atoms with E-state index in [9.17, 15) is 17.8 Å². The summed E-state index contributed by atoms with van der Waals surface area (Å²) in [5.41, 5.74) is 0.450. The second-order valence-corrected chi connectivity index (χ2v) is 7.54. The first-order valence-electron chi connectivity index (χ1n) is 8.23. The highest BCUT2D eigenvalue weighted by Gasteiger charge is 2.23. The van der Waals surface area contributed by atoms with Crippen molar-refractivity contribution in [2.45, 2.75) is 4.90 Å². The molecule has 0 aromatic heterocycles. The third-order valence-corrected chi connectivity index (χ3v) is 5.28. The first-order valence-corrected chi connectivity index (χ1v) is 9.67. The average molecular weight is 377 g/mol. The van der Waals surface area contributed by atoms with E-state index in [1.54, 1.807) is 36.4 Å². The Morgan fingerprint density at radius 3 is 2.07 bits per heavy atom. The molecule has 4 aromatic rings. The van der Waals surface area contributed by atoms with Crippen molar-refractivity contribution in [3.63, 3.8) is 0 Å². The zero-order chi connectivity index (χ0) is 19.0. The summed E-state index contributed by atoms with van der Waals surface area (Å²) >= 11 is 0. The summed E-state index contributed by atoms with van der Waals surface area (Å²) in [6, 6.07) is 22.8. The molecule has 5 nitrogen and oxygen atoms in total. The maximum atomic E-state index is 12.9. The molecule has 0 saturated heterocycles. The molecule has 6 heteroatoms. The summed E-state index contributed by atoms with van der Waals surface area (Å²) in [5, 5.41) is 5.70. The van der Waals surface area contributed by atoms with Gasteiger partial charge in [0.2, 0.25) is 0 Å². The Labute approximate surface area is 156 Å². The smallest absolute Gasteiger partial charge is 0.295 e. The molecule has 0 spiro atoms. The van der Waals surface area contributed by atoms with Crippen molar-refractivity contribution < 1.29 is 17.8 Å². The number of para-hydroxylation sites is 1. The minimum Gasteiger partial charge on any atom is -0.322 e. The number of hydrogen-bond donors (Lipinski definition) is 2. The van der Waals surface area contributed by atoms with Gasteiger partial charge in [-0.2, -0.15) is 8.42 Å². The zero-order valence-corrected chi connectivity index (χ0v) is 14.9. The van der Waals surface area contributed by atoms with Crippen LogP contribution < -0.4 is 5.32 Å². The van der Waals surface area contributed by atoms with Crippen LogP contribution >= 0.6 is 0 Å².